The molecule has 0 aliphatic heterocycles. The number of allylic oxidation sites excluding steroid dienone is 4. The van der Waals surface area contributed by atoms with Gasteiger partial charge in [-0.2, -0.15) is 0 Å². The van der Waals surface area contributed by atoms with Crippen molar-refractivity contribution in [3.8, 4) is 11.1 Å². The Hall–Kier alpha value is -1.53. The normalized spacial score (nSPS) is 16.5. The second kappa shape index (κ2) is 12.5. The molecular weight excluding hydrogens is 631 g/mol. The Morgan fingerprint density at radius 2 is 1.31 bits per heavy atom. The first-order valence-electron chi connectivity index (χ1n) is 15.1. The second-order valence-corrected chi connectivity index (χ2v) is 21.7. The van der Waals surface area contributed by atoms with E-state index in [0.717, 1.165) is 6.42 Å². The van der Waals surface area contributed by atoms with Gasteiger partial charge in [-0.25, -0.2) is 0 Å². The van der Waals surface area contributed by atoms with Crippen LogP contribution in [0.1, 0.15) is 104 Å². The molecule has 0 saturated carbocycles. The van der Waals surface area contributed by atoms with Crippen molar-refractivity contribution in [2.45, 2.75) is 93.4 Å². The van der Waals surface area contributed by atoms with Crippen molar-refractivity contribution >= 4 is 6.48 Å². The summed E-state index contributed by atoms with van der Waals surface area (Å²) in [7, 11) is 0. The molecule has 0 N–H and O–H groups in total. The van der Waals surface area contributed by atoms with Crippen LogP contribution in [0.5, 0.6) is 0 Å². The molecule has 0 heterocycles. The quantitative estimate of drug-likeness (QED) is 0.309. The molecule has 5 rings (SSSR count). The predicted octanol–water partition coefficient (Wildman–Crippen LogP) is 3.85. The Morgan fingerprint density at radius 3 is 1.86 bits per heavy atom. The minimum absolute atomic E-state index is 0. The number of halogens is 2. The molecule has 42 heavy (non-hydrogen) atoms. The topological polar surface area (TPSA) is 0 Å². The van der Waals surface area contributed by atoms with E-state index < -0.39 is 21.3 Å². The van der Waals surface area contributed by atoms with Gasteiger partial charge in [0, 0.05) is 0 Å². The molecule has 0 radical (unpaired) electrons. The fourth-order valence-electron chi connectivity index (χ4n) is 6.28. The first kappa shape index (κ1) is 35.0. The minimum Gasteiger partial charge on any atom is -1.00 e. The molecule has 3 aromatic rings. The monoisotopic (exact) mass is 676 g/mol. The fraction of sp³-hybridized carbons (Fsp3) is 0.410. The number of hydrogen-bond donors (Lipinski definition) is 0. The van der Waals surface area contributed by atoms with Gasteiger partial charge in [-0.3, -0.25) is 0 Å². The summed E-state index contributed by atoms with van der Waals surface area (Å²) in [5.41, 5.74) is 12.3. The summed E-state index contributed by atoms with van der Waals surface area (Å²) >= 11 is -2.55. The maximum Gasteiger partial charge on any atom is -1.00 e. The van der Waals surface area contributed by atoms with Gasteiger partial charge >= 0.3 is 253 Å². The van der Waals surface area contributed by atoms with E-state index in [-0.39, 0.29) is 41.1 Å². The second-order valence-electron chi connectivity index (χ2n) is 15.2. The van der Waals surface area contributed by atoms with Crippen molar-refractivity contribution in [1.29, 1.82) is 0 Å². The molecular formula is C39H48Cl2Zr. The number of hydrogen-bond acceptors (Lipinski definition) is 0. The van der Waals surface area contributed by atoms with Crippen LogP contribution in [0, 0.1) is 11.3 Å². The smallest absolute Gasteiger partial charge is 1.00 e. The van der Waals surface area contributed by atoms with Crippen LogP contribution >= 0.6 is 0 Å². The molecule has 0 saturated heterocycles. The molecule has 222 valence electrons. The largest absolute Gasteiger partial charge is 1.00 e. The molecule has 0 spiro atoms. The molecule has 0 nitrogen and oxygen atoms in total. The average molecular weight is 679 g/mol. The van der Waals surface area contributed by atoms with Crippen molar-refractivity contribution in [1.82, 2.24) is 0 Å². The Labute approximate surface area is 276 Å². The third-order valence-electron chi connectivity index (χ3n) is 8.99. The van der Waals surface area contributed by atoms with Crippen molar-refractivity contribution in [3.63, 3.8) is 0 Å². The summed E-state index contributed by atoms with van der Waals surface area (Å²) in [6, 6.07) is 23.7. The van der Waals surface area contributed by atoms with Gasteiger partial charge in [-0.05, 0) is 0 Å². The van der Waals surface area contributed by atoms with E-state index in [1.54, 1.807) is 15.3 Å². The van der Waals surface area contributed by atoms with E-state index in [2.05, 4.69) is 149 Å². The summed E-state index contributed by atoms with van der Waals surface area (Å²) < 4.78 is 5.07. The Morgan fingerprint density at radius 1 is 0.714 bits per heavy atom. The first-order chi connectivity index (χ1) is 18.6. The third-order valence-corrected chi connectivity index (χ3v) is 16.9. The van der Waals surface area contributed by atoms with Crippen LogP contribution in [-0.4, -0.2) is 3.21 Å². The zero-order chi connectivity index (χ0) is 29.2. The molecule has 0 fully saturated rings. The van der Waals surface area contributed by atoms with E-state index in [9.17, 15) is 0 Å². The molecule has 0 aromatic heterocycles. The van der Waals surface area contributed by atoms with Crippen LogP contribution in [0.25, 0.3) is 11.1 Å². The maximum absolute atomic E-state index is 2.65. The van der Waals surface area contributed by atoms with E-state index >= 15 is 0 Å². The Bertz CT molecular complexity index is 1570. The summed E-state index contributed by atoms with van der Waals surface area (Å²) in [5, 5.41) is 0. The number of fused-ring (bicyclic) bond motifs is 3. The van der Waals surface area contributed by atoms with Crippen LogP contribution < -0.4 is 28.1 Å². The Balaban J connectivity index is 0.00000242. The Kier molecular flexibility index (Phi) is 10.4. The zero-order valence-corrected chi connectivity index (χ0v) is 31.4. The molecule has 3 aromatic carbocycles. The average Bonchev–Trinajstić information content (AvgIpc) is 3.44. The van der Waals surface area contributed by atoms with Gasteiger partial charge in [0.15, 0.2) is 0 Å². The van der Waals surface area contributed by atoms with Gasteiger partial charge < -0.3 is 24.8 Å². The summed E-state index contributed by atoms with van der Waals surface area (Å²) in [5.74, 6) is 0.493. The molecule has 3 heteroatoms. The van der Waals surface area contributed by atoms with Gasteiger partial charge in [-0.1, -0.05) is 0 Å². The first-order valence-corrected chi connectivity index (χ1v) is 18.8. The van der Waals surface area contributed by atoms with Crippen LogP contribution in [0.4, 0.5) is 0 Å². The molecule has 1 unspecified atom stereocenters. The van der Waals surface area contributed by atoms with Crippen molar-refractivity contribution < 1.29 is 46.1 Å². The molecule has 0 bridgehead atoms. The zero-order valence-electron chi connectivity index (χ0n) is 27.5. The summed E-state index contributed by atoms with van der Waals surface area (Å²) in [4.78, 5) is 0. The van der Waals surface area contributed by atoms with Crippen LogP contribution in [0.2, 0.25) is 0 Å². The van der Waals surface area contributed by atoms with Crippen LogP contribution in [0.3, 0.4) is 0 Å². The van der Waals surface area contributed by atoms with Gasteiger partial charge in [-0.15, -0.1) is 0 Å². The van der Waals surface area contributed by atoms with Gasteiger partial charge in [0.05, 0.1) is 0 Å². The van der Waals surface area contributed by atoms with Gasteiger partial charge in [0.25, 0.3) is 0 Å². The van der Waals surface area contributed by atoms with E-state index in [1.165, 1.54) is 39.0 Å². The SMILES string of the molecule is C/[C](c1ccccc1)=[Zr+2](\[C]1=CC(C(C)(C)C)=CC1C)[c]1cc(C(C)(C)C)cc2c1Cc1ccc(C(C)(C)C)cc1-2.[Cl-].[Cl-]. The maximum atomic E-state index is 2.65. The predicted molar refractivity (Wildman–Crippen MR) is 173 cm³/mol. The summed E-state index contributed by atoms with van der Waals surface area (Å²) in [6.07, 6.45) is 6.25. The summed E-state index contributed by atoms with van der Waals surface area (Å²) in [6.45, 7) is 26.1. The van der Waals surface area contributed by atoms with E-state index in [1.807, 2.05) is 0 Å². The fourth-order valence-corrected chi connectivity index (χ4v) is 14.3. The van der Waals surface area contributed by atoms with Crippen molar-refractivity contribution in [3.05, 3.63) is 109 Å². The van der Waals surface area contributed by atoms with Crippen molar-refractivity contribution in [2.24, 2.45) is 11.3 Å². The molecule has 0 amide bonds. The number of rotatable bonds is 3. The van der Waals surface area contributed by atoms with Crippen LogP contribution in [-0.2, 0) is 38.5 Å². The van der Waals surface area contributed by atoms with Crippen LogP contribution in [0.15, 0.2) is 81.7 Å². The van der Waals surface area contributed by atoms with Gasteiger partial charge in [0.2, 0.25) is 0 Å². The standard InChI is InChI=1S/C21H25.C10H15.C8H8.2ClH.Zr/c1-20(2,3)16-9-7-14-11-15-8-10-17(21(4,5)6)13-19(15)18(14)12-16;1-8-5-6-9(7-8)10(2,3)4;1-2-8-6-4-3-5-7-8;;;/h7,9-10,12-13H,11H2,1-6H3;6-8H,1-4H3;3-7H,1H3;2*1H;/q;;;;;+2/p-2. The molecule has 1 atom stereocenters. The van der Waals surface area contributed by atoms with E-state index in [0.29, 0.717) is 5.92 Å². The third kappa shape index (κ3) is 6.75. The van der Waals surface area contributed by atoms with Crippen molar-refractivity contribution in [2.75, 3.05) is 0 Å². The number of benzene rings is 3. The minimum atomic E-state index is -2.55. The molecule has 2 aliphatic carbocycles. The van der Waals surface area contributed by atoms with E-state index in [4.69, 9.17) is 0 Å². The van der Waals surface area contributed by atoms with Gasteiger partial charge in [0.1, 0.15) is 0 Å². The molecule has 2 aliphatic rings.